The molecule has 0 radical (unpaired) electrons. The van der Waals surface area contributed by atoms with E-state index in [1.54, 1.807) is 7.11 Å². The topological polar surface area (TPSA) is 49.8 Å². The Labute approximate surface area is 122 Å². The molecular weight excluding hydrogens is 274 g/mol. The predicted octanol–water partition coefficient (Wildman–Crippen LogP) is 3.09. The predicted molar refractivity (Wildman–Crippen MR) is 79.4 cm³/mol. The van der Waals surface area contributed by atoms with Gasteiger partial charge in [-0.2, -0.15) is 0 Å². The van der Waals surface area contributed by atoms with Gasteiger partial charge in [-0.3, -0.25) is 4.90 Å². The number of hydrogen-bond donors (Lipinski definition) is 1. The highest BCUT2D eigenvalue weighted by molar-refractivity contribution is 7.12. The van der Waals surface area contributed by atoms with Crippen LogP contribution in [0.3, 0.4) is 0 Å². The number of nitrogens with zero attached hydrogens (tertiary/aromatic N) is 1. The highest BCUT2D eigenvalue weighted by Crippen LogP contribution is 2.20. The van der Waals surface area contributed by atoms with Crippen molar-refractivity contribution in [2.24, 2.45) is 0 Å². The van der Waals surface area contributed by atoms with Gasteiger partial charge in [0, 0.05) is 13.1 Å². The Kier molecular flexibility index (Phi) is 4.76. The maximum absolute atomic E-state index is 11.1. The van der Waals surface area contributed by atoms with E-state index in [9.17, 15) is 4.79 Å². The first-order valence-electron chi connectivity index (χ1n) is 6.21. The minimum atomic E-state index is -0.857. The molecule has 1 heterocycles. The number of carboxylic acid groups (broad SMARTS) is 1. The van der Waals surface area contributed by atoms with Crippen molar-refractivity contribution in [1.29, 1.82) is 0 Å². The van der Waals surface area contributed by atoms with Crippen molar-refractivity contribution >= 4 is 17.3 Å². The summed E-state index contributed by atoms with van der Waals surface area (Å²) in [6, 6.07) is 9.75. The fourth-order valence-corrected chi connectivity index (χ4v) is 2.83. The van der Waals surface area contributed by atoms with Crippen molar-refractivity contribution < 1.29 is 14.6 Å². The van der Waals surface area contributed by atoms with E-state index in [0.717, 1.165) is 23.4 Å². The second-order valence-corrected chi connectivity index (χ2v) is 5.52. The molecule has 5 heteroatoms. The van der Waals surface area contributed by atoms with E-state index in [4.69, 9.17) is 9.84 Å². The Bertz CT molecular complexity index is 594. The summed E-state index contributed by atoms with van der Waals surface area (Å²) in [6.07, 6.45) is 0. The third-order valence-corrected chi connectivity index (χ3v) is 3.91. The number of methoxy groups -OCH3 is 1. The van der Waals surface area contributed by atoms with E-state index in [-0.39, 0.29) is 0 Å². The van der Waals surface area contributed by atoms with Crippen LogP contribution in [0, 0.1) is 0 Å². The van der Waals surface area contributed by atoms with Gasteiger partial charge in [-0.15, -0.1) is 11.3 Å². The van der Waals surface area contributed by atoms with Crippen molar-refractivity contribution in [2.75, 3.05) is 14.2 Å². The lowest BCUT2D eigenvalue weighted by atomic mass is 10.2. The van der Waals surface area contributed by atoms with Crippen molar-refractivity contribution in [3.63, 3.8) is 0 Å². The summed E-state index contributed by atoms with van der Waals surface area (Å²) in [5, 5.41) is 10.9. The number of carboxylic acids is 1. The average Bonchev–Trinajstić information content (AvgIpc) is 2.87. The molecule has 0 amide bonds. The molecule has 0 fully saturated rings. The fourth-order valence-electron chi connectivity index (χ4n) is 2.08. The molecule has 106 valence electrons. The minimum absolute atomic E-state index is 0.419. The summed E-state index contributed by atoms with van der Waals surface area (Å²) < 4.78 is 5.20. The molecule has 0 saturated carbocycles. The number of hydrogen-bond acceptors (Lipinski definition) is 4. The smallest absolute Gasteiger partial charge is 0.346 e. The maximum atomic E-state index is 11.1. The van der Waals surface area contributed by atoms with E-state index < -0.39 is 5.97 Å². The van der Waals surface area contributed by atoms with Gasteiger partial charge in [0.2, 0.25) is 0 Å². The van der Waals surface area contributed by atoms with Crippen molar-refractivity contribution in [2.45, 2.75) is 13.1 Å². The summed E-state index contributed by atoms with van der Waals surface area (Å²) in [6.45, 7) is 1.36. The van der Waals surface area contributed by atoms with Crippen LogP contribution < -0.4 is 4.74 Å². The molecule has 2 aromatic rings. The van der Waals surface area contributed by atoms with E-state index in [2.05, 4.69) is 4.90 Å². The molecule has 0 atom stereocenters. The van der Waals surface area contributed by atoms with Gasteiger partial charge in [0.1, 0.15) is 10.6 Å². The minimum Gasteiger partial charge on any atom is -0.497 e. The molecule has 0 saturated heterocycles. The van der Waals surface area contributed by atoms with Crippen LogP contribution in [0.25, 0.3) is 0 Å². The van der Waals surface area contributed by atoms with Gasteiger partial charge >= 0.3 is 5.97 Å². The Morgan fingerprint density at radius 2 is 2.15 bits per heavy atom. The normalized spacial score (nSPS) is 10.8. The molecule has 0 bridgehead atoms. The van der Waals surface area contributed by atoms with Gasteiger partial charge in [0.15, 0.2) is 0 Å². The van der Waals surface area contributed by atoms with E-state index in [1.165, 1.54) is 11.3 Å². The molecule has 2 rings (SSSR count). The van der Waals surface area contributed by atoms with E-state index >= 15 is 0 Å². The van der Waals surface area contributed by atoms with E-state index in [1.807, 2.05) is 42.8 Å². The zero-order valence-corrected chi connectivity index (χ0v) is 12.3. The first kappa shape index (κ1) is 14.6. The summed E-state index contributed by atoms with van der Waals surface area (Å²) in [7, 11) is 3.62. The molecule has 0 unspecified atom stereocenters. The largest absolute Gasteiger partial charge is 0.497 e. The van der Waals surface area contributed by atoms with Crippen molar-refractivity contribution in [3.8, 4) is 5.75 Å². The van der Waals surface area contributed by atoms with Gasteiger partial charge in [-0.1, -0.05) is 12.1 Å². The van der Waals surface area contributed by atoms with Gasteiger partial charge in [0.05, 0.1) is 7.11 Å². The van der Waals surface area contributed by atoms with Crippen LogP contribution in [0.5, 0.6) is 5.75 Å². The van der Waals surface area contributed by atoms with Crippen molar-refractivity contribution in [1.82, 2.24) is 4.90 Å². The zero-order valence-electron chi connectivity index (χ0n) is 11.5. The summed E-state index contributed by atoms with van der Waals surface area (Å²) in [5.74, 6) is -0.0255. The molecule has 1 N–H and O–H groups in total. The fraction of sp³-hybridized carbons (Fsp3) is 0.267. The Morgan fingerprint density at radius 3 is 2.85 bits per heavy atom. The summed E-state index contributed by atoms with van der Waals surface area (Å²) >= 11 is 1.27. The summed E-state index contributed by atoms with van der Waals surface area (Å²) in [4.78, 5) is 13.6. The van der Waals surface area contributed by atoms with Gasteiger partial charge in [-0.25, -0.2) is 4.79 Å². The first-order valence-corrected chi connectivity index (χ1v) is 7.09. The van der Waals surface area contributed by atoms with Gasteiger partial charge in [0.25, 0.3) is 0 Å². The molecule has 20 heavy (non-hydrogen) atoms. The number of aromatic carboxylic acids is 1. The highest BCUT2D eigenvalue weighted by atomic mass is 32.1. The molecule has 0 aliphatic rings. The number of thiophene rings is 1. The van der Waals surface area contributed by atoms with Crippen LogP contribution in [-0.2, 0) is 13.1 Å². The van der Waals surface area contributed by atoms with Crippen molar-refractivity contribution in [3.05, 3.63) is 51.7 Å². The number of carbonyl (C=O) groups is 1. The standard InChI is InChI=1S/C15H17NO3S/c1-16(9-11-4-3-5-13(8-11)19-2)10-12-6-7-20-14(12)15(17)18/h3-8H,9-10H2,1-2H3,(H,17,18). The van der Waals surface area contributed by atoms with E-state index in [0.29, 0.717) is 11.4 Å². The monoisotopic (exact) mass is 291 g/mol. The molecule has 1 aromatic carbocycles. The molecule has 0 spiro atoms. The lowest BCUT2D eigenvalue weighted by Gasteiger charge is -2.17. The average molecular weight is 291 g/mol. The van der Waals surface area contributed by atoms with Crippen LogP contribution in [-0.4, -0.2) is 30.1 Å². The number of rotatable bonds is 6. The molecule has 1 aromatic heterocycles. The Balaban J connectivity index is 2.03. The second-order valence-electron chi connectivity index (χ2n) is 4.60. The zero-order chi connectivity index (χ0) is 14.5. The maximum Gasteiger partial charge on any atom is 0.346 e. The molecule has 0 aliphatic heterocycles. The van der Waals surface area contributed by atoms with Crippen LogP contribution in [0.2, 0.25) is 0 Å². The Morgan fingerprint density at radius 1 is 1.35 bits per heavy atom. The number of benzene rings is 1. The van der Waals surface area contributed by atoms with Gasteiger partial charge < -0.3 is 9.84 Å². The van der Waals surface area contributed by atoms with Crippen LogP contribution >= 0.6 is 11.3 Å². The first-order chi connectivity index (χ1) is 9.60. The highest BCUT2D eigenvalue weighted by Gasteiger charge is 2.13. The van der Waals surface area contributed by atoms with Crippen LogP contribution in [0.1, 0.15) is 20.8 Å². The van der Waals surface area contributed by atoms with Gasteiger partial charge in [-0.05, 0) is 41.8 Å². The lowest BCUT2D eigenvalue weighted by molar-refractivity contribution is 0.0700. The lowest BCUT2D eigenvalue weighted by Crippen LogP contribution is -2.18. The summed E-state index contributed by atoms with van der Waals surface area (Å²) in [5.41, 5.74) is 1.99. The Hall–Kier alpha value is -1.85. The molecular formula is C15H17NO3S. The van der Waals surface area contributed by atoms with Crippen LogP contribution in [0.4, 0.5) is 0 Å². The molecule has 4 nitrogen and oxygen atoms in total. The van der Waals surface area contributed by atoms with Crippen LogP contribution in [0.15, 0.2) is 35.7 Å². The third-order valence-electron chi connectivity index (χ3n) is 2.97. The third kappa shape index (κ3) is 3.59. The number of ether oxygens (including phenoxy) is 1. The molecule has 0 aliphatic carbocycles. The quantitative estimate of drug-likeness (QED) is 0.888. The SMILES string of the molecule is COc1cccc(CN(C)Cc2ccsc2C(=O)O)c1. The second kappa shape index (κ2) is 6.54.